The van der Waals surface area contributed by atoms with Crippen LogP contribution in [0, 0.1) is 0 Å². The molecule has 1 unspecified atom stereocenters. The first kappa shape index (κ1) is 21.7. The monoisotopic (exact) mass is 438 g/mol. The van der Waals surface area contributed by atoms with Gasteiger partial charge in [-0.2, -0.15) is 0 Å². The van der Waals surface area contributed by atoms with Gasteiger partial charge in [-0.25, -0.2) is 14.8 Å². The van der Waals surface area contributed by atoms with Crippen LogP contribution in [0.3, 0.4) is 0 Å². The summed E-state index contributed by atoms with van der Waals surface area (Å²) >= 11 is 0. The number of carbonyl (C=O) groups is 2. The number of nitrogens with one attached hydrogen (secondary N) is 2. The van der Waals surface area contributed by atoms with Crippen molar-refractivity contribution < 1.29 is 19.1 Å². The largest absolute Gasteiger partial charge is 0.370 e. The molecule has 1 atom stereocenters. The molecule has 0 spiro atoms. The summed E-state index contributed by atoms with van der Waals surface area (Å²) < 4.78 is 11.9. The summed E-state index contributed by atoms with van der Waals surface area (Å²) in [4.78, 5) is 35.0. The molecule has 1 aliphatic rings. The molecule has 32 heavy (non-hydrogen) atoms. The molecule has 0 bridgehead atoms. The van der Waals surface area contributed by atoms with Crippen molar-refractivity contribution in [3.8, 4) is 0 Å². The number of amides is 2. The Balaban J connectivity index is 1.52. The Morgan fingerprint density at radius 2 is 2.06 bits per heavy atom. The molecule has 3 heterocycles. The minimum atomic E-state index is -0.360. The second-order valence-corrected chi connectivity index (χ2v) is 7.38. The maximum Gasteiger partial charge on any atom is 0.329 e. The van der Waals surface area contributed by atoms with E-state index < -0.39 is 0 Å². The number of methoxy groups -OCH3 is 1. The smallest absolute Gasteiger partial charge is 0.329 e. The number of nitrogens with zero attached hydrogens (tertiary/aromatic N) is 4. The summed E-state index contributed by atoms with van der Waals surface area (Å²) in [5.74, 6) is 0.525. The normalized spacial score (nSPS) is 15.1. The summed E-state index contributed by atoms with van der Waals surface area (Å²) in [6.07, 6.45) is 4.32. The van der Waals surface area contributed by atoms with Gasteiger partial charge in [0.1, 0.15) is 25.0 Å². The molecule has 1 saturated heterocycles. The van der Waals surface area contributed by atoms with E-state index in [1.807, 2.05) is 31.2 Å². The summed E-state index contributed by atoms with van der Waals surface area (Å²) in [6.45, 7) is 3.20. The number of hydrogen-bond acceptors (Lipinski definition) is 7. The number of rotatable bonds is 7. The first-order valence-electron chi connectivity index (χ1n) is 10.5. The van der Waals surface area contributed by atoms with Crippen molar-refractivity contribution in [2.45, 2.75) is 26.0 Å². The van der Waals surface area contributed by atoms with Crippen molar-refractivity contribution in [3.05, 3.63) is 42.9 Å². The van der Waals surface area contributed by atoms with Crippen LogP contribution in [0.2, 0.25) is 0 Å². The highest BCUT2D eigenvalue weighted by atomic mass is 16.5. The van der Waals surface area contributed by atoms with Crippen molar-refractivity contribution in [2.24, 2.45) is 0 Å². The number of benzene rings is 1. The average molecular weight is 438 g/mol. The van der Waals surface area contributed by atoms with Gasteiger partial charge in [-0.3, -0.25) is 9.36 Å². The van der Waals surface area contributed by atoms with Crippen molar-refractivity contribution in [3.63, 3.8) is 0 Å². The van der Waals surface area contributed by atoms with E-state index in [4.69, 9.17) is 9.47 Å². The lowest BCUT2D eigenvalue weighted by molar-refractivity contribution is -0.125. The molecule has 2 aromatic heterocycles. The van der Waals surface area contributed by atoms with Gasteiger partial charge in [0.15, 0.2) is 5.65 Å². The molecule has 1 fully saturated rings. The Morgan fingerprint density at radius 3 is 2.78 bits per heavy atom. The molecule has 0 radical (unpaired) electrons. The number of ether oxygens (including phenoxy) is 2. The van der Waals surface area contributed by atoms with E-state index in [9.17, 15) is 9.59 Å². The highest BCUT2D eigenvalue weighted by Gasteiger charge is 2.20. The minimum absolute atomic E-state index is 0.0521. The number of carbonyl (C=O) groups excluding carboxylic acids is 2. The van der Waals surface area contributed by atoms with E-state index >= 15 is 0 Å². The molecule has 2 N–H and O–H groups in total. The van der Waals surface area contributed by atoms with Gasteiger partial charge in [0.2, 0.25) is 0 Å². The fraction of sp³-hybridized carbons (Fsp3) is 0.364. The topological polar surface area (TPSA) is 111 Å². The Kier molecular flexibility index (Phi) is 6.62. The number of morpholine rings is 1. The van der Waals surface area contributed by atoms with E-state index in [2.05, 4.69) is 20.6 Å². The summed E-state index contributed by atoms with van der Waals surface area (Å²) in [5.41, 5.74) is 2.11. The van der Waals surface area contributed by atoms with Crippen LogP contribution in [0.1, 0.15) is 19.8 Å². The second-order valence-electron chi connectivity index (χ2n) is 7.38. The summed E-state index contributed by atoms with van der Waals surface area (Å²) in [6, 6.07) is 8.99. The quantitative estimate of drug-likeness (QED) is 0.546. The molecular formula is C22H26N6O4. The standard InChI is InChI=1S/C22H26N6O4/c1-3-4-18(31-2)26-22(30)28-10-9-17-20(23-14-24-21(17)28)25-15-5-7-16(8-6-15)27-11-12-32-13-19(27)29/h5-10,14,18H,3-4,11-13H2,1-2H3,(H,26,30)(H,23,24,25). The van der Waals surface area contributed by atoms with Gasteiger partial charge < -0.3 is 25.0 Å². The minimum Gasteiger partial charge on any atom is -0.370 e. The fourth-order valence-corrected chi connectivity index (χ4v) is 3.59. The zero-order valence-electron chi connectivity index (χ0n) is 18.1. The van der Waals surface area contributed by atoms with Gasteiger partial charge in [-0.15, -0.1) is 0 Å². The van der Waals surface area contributed by atoms with Crippen LogP contribution in [0.25, 0.3) is 11.0 Å². The molecule has 3 aromatic rings. The lowest BCUT2D eigenvalue weighted by atomic mass is 10.2. The van der Waals surface area contributed by atoms with Gasteiger partial charge in [0.05, 0.1) is 12.0 Å². The zero-order valence-corrected chi connectivity index (χ0v) is 18.1. The predicted molar refractivity (Wildman–Crippen MR) is 120 cm³/mol. The van der Waals surface area contributed by atoms with Crippen LogP contribution in [0.5, 0.6) is 0 Å². The van der Waals surface area contributed by atoms with E-state index in [1.54, 1.807) is 24.3 Å². The third-order valence-electron chi connectivity index (χ3n) is 5.25. The molecule has 168 valence electrons. The number of aromatic nitrogens is 3. The van der Waals surface area contributed by atoms with E-state index in [0.717, 1.165) is 24.2 Å². The van der Waals surface area contributed by atoms with Crippen LogP contribution in [0.4, 0.5) is 22.0 Å². The third kappa shape index (κ3) is 4.56. The molecule has 0 saturated carbocycles. The van der Waals surface area contributed by atoms with Crippen LogP contribution < -0.4 is 15.5 Å². The first-order valence-corrected chi connectivity index (χ1v) is 10.5. The lowest BCUT2D eigenvalue weighted by Gasteiger charge is -2.26. The Labute approximate surface area is 185 Å². The van der Waals surface area contributed by atoms with Gasteiger partial charge in [0.25, 0.3) is 5.91 Å². The molecular weight excluding hydrogens is 412 g/mol. The maximum atomic E-state index is 12.7. The lowest BCUT2D eigenvalue weighted by Crippen LogP contribution is -2.41. The highest BCUT2D eigenvalue weighted by molar-refractivity contribution is 5.96. The van der Waals surface area contributed by atoms with Crippen LogP contribution in [-0.4, -0.2) is 59.6 Å². The third-order valence-corrected chi connectivity index (χ3v) is 5.25. The number of hydrogen-bond donors (Lipinski definition) is 2. The maximum absolute atomic E-state index is 12.7. The van der Waals surface area contributed by atoms with E-state index in [1.165, 1.54) is 10.9 Å². The SMILES string of the molecule is CCCC(NC(=O)n1ccc2c(Nc3ccc(N4CCOCC4=O)cc3)ncnc21)OC. The second kappa shape index (κ2) is 9.75. The Morgan fingerprint density at radius 1 is 1.25 bits per heavy atom. The Bertz CT molecular complexity index is 1100. The van der Waals surface area contributed by atoms with Gasteiger partial charge in [-0.05, 0) is 36.8 Å². The Hall–Kier alpha value is -3.50. The predicted octanol–water partition coefficient (Wildman–Crippen LogP) is 2.87. The highest BCUT2D eigenvalue weighted by Crippen LogP contribution is 2.26. The van der Waals surface area contributed by atoms with Crippen molar-refractivity contribution in [1.82, 2.24) is 19.9 Å². The molecule has 4 rings (SSSR count). The van der Waals surface area contributed by atoms with Crippen molar-refractivity contribution in [1.29, 1.82) is 0 Å². The van der Waals surface area contributed by atoms with Crippen molar-refractivity contribution in [2.75, 3.05) is 37.1 Å². The van der Waals surface area contributed by atoms with Crippen LogP contribution >= 0.6 is 0 Å². The number of anilines is 3. The van der Waals surface area contributed by atoms with Gasteiger partial charge >= 0.3 is 6.03 Å². The summed E-state index contributed by atoms with van der Waals surface area (Å²) in [7, 11) is 1.57. The van der Waals surface area contributed by atoms with Gasteiger partial charge in [0, 0.05) is 31.2 Å². The van der Waals surface area contributed by atoms with Crippen LogP contribution in [0.15, 0.2) is 42.9 Å². The first-order chi connectivity index (χ1) is 15.6. The van der Waals surface area contributed by atoms with Crippen LogP contribution in [-0.2, 0) is 14.3 Å². The molecule has 2 amide bonds. The molecule has 0 aliphatic carbocycles. The molecule has 1 aliphatic heterocycles. The van der Waals surface area contributed by atoms with E-state index in [0.29, 0.717) is 30.0 Å². The van der Waals surface area contributed by atoms with Gasteiger partial charge in [-0.1, -0.05) is 13.3 Å². The fourth-order valence-electron chi connectivity index (χ4n) is 3.59. The number of fused-ring (bicyclic) bond motifs is 1. The average Bonchev–Trinajstić information content (AvgIpc) is 3.25. The van der Waals surface area contributed by atoms with E-state index in [-0.39, 0.29) is 24.8 Å². The summed E-state index contributed by atoms with van der Waals surface area (Å²) in [5, 5.41) is 6.82. The van der Waals surface area contributed by atoms with Crippen molar-refractivity contribution >= 4 is 40.2 Å². The zero-order chi connectivity index (χ0) is 22.5. The molecule has 10 heteroatoms. The molecule has 1 aromatic carbocycles. The molecule has 10 nitrogen and oxygen atoms in total.